The molecule has 0 radical (unpaired) electrons. The van der Waals surface area contributed by atoms with E-state index in [0.717, 1.165) is 0 Å². The van der Waals surface area contributed by atoms with Crippen LogP contribution in [0.1, 0.15) is 12.8 Å². The number of hydrogen-bond donors (Lipinski definition) is 1. The summed E-state index contributed by atoms with van der Waals surface area (Å²) < 4.78 is 37.1. The summed E-state index contributed by atoms with van der Waals surface area (Å²) in [5.41, 5.74) is 0.369. The first-order valence-corrected chi connectivity index (χ1v) is 10.1. The van der Waals surface area contributed by atoms with Gasteiger partial charge in [0.1, 0.15) is 6.04 Å². The number of ether oxygens (including phenoxy) is 1. The molecule has 1 N–H and O–H groups in total. The molecule has 3 rings (SSSR count). The number of aromatic nitrogens is 2. The molecule has 0 saturated heterocycles. The van der Waals surface area contributed by atoms with Gasteiger partial charge in [-0.15, -0.1) is 10.2 Å². The Morgan fingerprint density at radius 1 is 1.17 bits per heavy atom. The SMILES string of the molecule is CC(NS(=O)(=O)c1ccccc1)C(=O)OCc1nnc(-c2ccc([N+](=O)[O-])cc2)o1. The van der Waals surface area contributed by atoms with Crippen LogP contribution < -0.4 is 4.72 Å². The zero-order chi connectivity index (χ0) is 21.7. The zero-order valence-electron chi connectivity index (χ0n) is 15.6. The van der Waals surface area contributed by atoms with Crippen molar-refractivity contribution in [2.24, 2.45) is 0 Å². The maximum Gasteiger partial charge on any atom is 0.324 e. The molecule has 12 heteroatoms. The predicted octanol–water partition coefficient (Wildman–Crippen LogP) is 2.05. The van der Waals surface area contributed by atoms with Crippen molar-refractivity contribution in [3.05, 3.63) is 70.6 Å². The molecule has 1 heterocycles. The number of rotatable bonds is 8. The van der Waals surface area contributed by atoms with Crippen LogP contribution in [0.25, 0.3) is 11.5 Å². The average molecular weight is 432 g/mol. The number of non-ortho nitro benzene ring substituents is 1. The van der Waals surface area contributed by atoms with Gasteiger partial charge in [-0.1, -0.05) is 18.2 Å². The number of sulfonamides is 1. The highest BCUT2D eigenvalue weighted by atomic mass is 32.2. The summed E-state index contributed by atoms with van der Waals surface area (Å²) in [5, 5.41) is 18.2. The normalized spacial score (nSPS) is 12.3. The molecule has 0 spiro atoms. The van der Waals surface area contributed by atoms with E-state index < -0.39 is 27.0 Å². The van der Waals surface area contributed by atoms with Crippen molar-refractivity contribution in [1.82, 2.24) is 14.9 Å². The molecular weight excluding hydrogens is 416 g/mol. The van der Waals surface area contributed by atoms with Crippen molar-refractivity contribution < 1.29 is 27.3 Å². The Morgan fingerprint density at radius 3 is 2.47 bits per heavy atom. The Balaban J connectivity index is 1.58. The fraction of sp³-hybridized carbons (Fsp3) is 0.167. The van der Waals surface area contributed by atoms with E-state index in [4.69, 9.17) is 9.15 Å². The zero-order valence-corrected chi connectivity index (χ0v) is 16.4. The first-order chi connectivity index (χ1) is 14.3. The van der Waals surface area contributed by atoms with Gasteiger partial charge in [-0.3, -0.25) is 14.9 Å². The summed E-state index contributed by atoms with van der Waals surface area (Å²) in [6.45, 7) is 0.981. The van der Waals surface area contributed by atoms with Crippen LogP contribution in [0.4, 0.5) is 5.69 Å². The van der Waals surface area contributed by atoms with Crippen molar-refractivity contribution in [3.8, 4) is 11.5 Å². The van der Waals surface area contributed by atoms with Gasteiger partial charge >= 0.3 is 5.97 Å². The minimum atomic E-state index is -3.88. The smallest absolute Gasteiger partial charge is 0.324 e. The average Bonchev–Trinajstić information content (AvgIpc) is 3.21. The number of carbonyl (C=O) groups excluding carboxylic acids is 1. The van der Waals surface area contributed by atoms with Crippen molar-refractivity contribution in [1.29, 1.82) is 0 Å². The van der Waals surface area contributed by atoms with E-state index in [1.165, 1.54) is 43.3 Å². The minimum Gasteiger partial charge on any atom is -0.454 e. The maximum atomic E-state index is 12.2. The fourth-order valence-corrected chi connectivity index (χ4v) is 3.57. The summed E-state index contributed by atoms with van der Waals surface area (Å²) in [4.78, 5) is 22.3. The number of benzene rings is 2. The monoisotopic (exact) mass is 432 g/mol. The first kappa shape index (κ1) is 21.1. The number of nitro benzene ring substituents is 1. The van der Waals surface area contributed by atoms with Gasteiger partial charge < -0.3 is 9.15 Å². The van der Waals surface area contributed by atoms with Crippen molar-refractivity contribution in [2.45, 2.75) is 24.5 Å². The molecule has 0 bridgehead atoms. The van der Waals surface area contributed by atoms with E-state index in [9.17, 15) is 23.3 Å². The number of nitro groups is 1. The second-order valence-corrected chi connectivity index (χ2v) is 7.78. The lowest BCUT2D eigenvalue weighted by Crippen LogP contribution is -2.39. The highest BCUT2D eigenvalue weighted by Crippen LogP contribution is 2.21. The van der Waals surface area contributed by atoms with E-state index in [-0.39, 0.29) is 29.0 Å². The quantitative estimate of drug-likeness (QED) is 0.320. The Labute approximate surface area is 170 Å². The van der Waals surface area contributed by atoms with Gasteiger partial charge in [-0.25, -0.2) is 8.42 Å². The third-order valence-electron chi connectivity index (χ3n) is 3.87. The highest BCUT2D eigenvalue weighted by molar-refractivity contribution is 7.89. The summed E-state index contributed by atoms with van der Waals surface area (Å²) in [6, 6.07) is 11.9. The van der Waals surface area contributed by atoms with Crippen molar-refractivity contribution >= 4 is 21.7 Å². The maximum absolute atomic E-state index is 12.2. The molecule has 0 aliphatic heterocycles. The molecule has 11 nitrogen and oxygen atoms in total. The molecule has 1 unspecified atom stereocenters. The second kappa shape index (κ2) is 8.80. The number of nitrogens with zero attached hydrogens (tertiary/aromatic N) is 3. The molecule has 1 aromatic heterocycles. The van der Waals surface area contributed by atoms with Crippen LogP contribution in [-0.2, 0) is 26.2 Å². The molecule has 3 aromatic rings. The molecule has 0 fully saturated rings. The van der Waals surface area contributed by atoms with E-state index in [0.29, 0.717) is 5.56 Å². The van der Waals surface area contributed by atoms with Crippen LogP contribution in [0, 0.1) is 10.1 Å². The summed E-state index contributed by atoms with van der Waals surface area (Å²) in [5.74, 6) is -0.756. The van der Waals surface area contributed by atoms with E-state index in [2.05, 4.69) is 14.9 Å². The molecule has 156 valence electrons. The van der Waals surface area contributed by atoms with Crippen LogP contribution in [0.3, 0.4) is 0 Å². The van der Waals surface area contributed by atoms with Gasteiger partial charge in [0.15, 0.2) is 6.61 Å². The fourth-order valence-electron chi connectivity index (χ4n) is 2.36. The molecule has 2 aromatic carbocycles. The molecular formula is C18H16N4O7S. The highest BCUT2D eigenvalue weighted by Gasteiger charge is 2.23. The minimum absolute atomic E-state index is 0.0187. The van der Waals surface area contributed by atoms with Crippen LogP contribution in [-0.4, -0.2) is 35.5 Å². The Kier molecular flexibility index (Phi) is 6.18. The Hall–Kier alpha value is -3.64. The lowest BCUT2D eigenvalue weighted by atomic mass is 10.2. The summed E-state index contributed by atoms with van der Waals surface area (Å²) >= 11 is 0. The lowest BCUT2D eigenvalue weighted by molar-refractivity contribution is -0.384. The lowest BCUT2D eigenvalue weighted by Gasteiger charge is -2.13. The number of carbonyl (C=O) groups is 1. The van der Waals surface area contributed by atoms with Gasteiger partial charge in [0.2, 0.25) is 15.9 Å². The molecule has 30 heavy (non-hydrogen) atoms. The third-order valence-corrected chi connectivity index (χ3v) is 5.43. The van der Waals surface area contributed by atoms with E-state index >= 15 is 0 Å². The van der Waals surface area contributed by atoms with Crippen LogP contribution in [0.5, 0.6) is 0 Å². The number of nitrogens with one attached hydrogen (secondary N) is 1. The molecule has 0 aliphatic carbocycles. The Morgan fingerprint density at radius 2 is 1.83 bits per heavy atom. The van der Waals surface area contributed by atoms with E-state index in [1.54, 1.807) is 18.2 Å². The first-order valence-electron chi connectivity index (χ1n) is 8.57. The molecule has 0 aliphatic rings. The molecule has 1 atom stereocenters. The predicted molar refractivity (Wildman–Crippen MR) is 102 cm³/mol. The van der Waals surface area contributed by atoms with Gasteiger partial charge in [0.25, 0.3) is 11.6 Å². The summed E-state index contributed by atoms with van der Waals surface area (Å²) in [7, 11) is -3.88. The van der Waals surface area contributed by atoms with Crippen LogP contribution >= 0.6 is 0 Å². The van der Waals surface area contributed by atoms with Gasteiger partial charge in [0.05, 0.1) is 9.82 Å². The topological polar surface area (TPSA) is 155 Å². The number of esters is 1. The van der Waals surface area contributed by atoms with Crippen molar-refractivity contribution in [3.63, 3.8) is 0 Å². The molecule has 0 saturated carbocycles. The Bertz CT molecular complexity index is 1140. The summed E-state index contributed by atoms with van der Waals surface area (Å²) in [6.07, 6.45) is 0. The number of hydrogen-bond acceptors (Lipinski definition) is 9. The van der Waals surface area contributed by atoms with Gasteiger partial charge in [0, 0.05) is 17.7 Å². The largest absolute Gasteiger partial charge is 0.454 e. The second-order valence-electron chi connectivity index (χ2n) is 6.07. The van der Waals surface area contributed by atoms with Gasteiger partial charge in [-0.2, -0.15) is 4.72 Å². The van der Waals surface area contributed by atoms with Crippen LogP contribution in [0.2, 0.25) is 0 Å². The van der Waals surface area contributed by atoms with Gasteiger partial charge in [-0.05, 0) is 31.2 Å². The van der Waals surface area contributed by atoms with Crippen LogP contribution in [0.15, 0.2) is 63.9 Å². The van der Waals surface area contributed by atoms with E-state index in [1.807, 2.05) is 0 Å². The molecule has 0 amide bonds. The standard InChI is InChI=1S/C18H16N4O7S/c1-12(21-30(26,27)15-5-3-2-4-6-15)18(23)28-11-16-19-20-17(29-16)13-7-9-14(10-8-13)22(24)25/h2-10,12,21H,11H2,1H3. The third kappa shape index (κ3) is 5.04. The van der Waals surface area contributed by atoms with Crippen molar-refractivity contribution in [2.75, 3.05) is 0 Å².